The van der Waals surface area contributed by atoms with Crippen LogP contribution in [-0.2, 0) is 6.54 Å². The Morgan fingerprint density at radius 1 is 1.38 bits per heavy atom. The molecule has 1 aromatic rings. The number of halogens is 1. The maximum Gasteiger partial charge on any atom is 0.304 e. The Morgan fingerprint density at radius 2 is 2.19 bits per heavy atom. The lowest BCUT2D eigenvalue weighted by molar-refractivity contribution is -0.387. The predicted molar refractivity (Wildman–Crippen MR) is 77.5 cm³/mol. The molecule has 1 saturated heterocycles. The van der Waals surface area contributed by atoms with Crippen molar-refractivity contribution in [2.45, 2.75) is 44.3 Å². The molecular formula is C15H20FN3O2. The van der Waals surface area contributed by atoms with Gasteiger partial charge in [0.15, 0.2) is 0 Å². The number of nitrogens with one attached hydrogen (secondary N) is 1. The molecule has 114 valence electrons. The highest BCUT2D eigenvalue weighted by molar-refractivity contribution is 5.35. The van der Waals surface area contributed by atoms with E-state index in [0.29, 0.717) is 18.6 Å². The zero-order valence-corrected chi connectivity index (χ0v) is 11.9. The van der Waals surface area contributed by atoms with Crippen molar-refractivity contribution in [3.63, 3.8) is 0 Å². The number of rotatable bonds is 6. The van der Waals surface area contributed by atoms with Gasteiger partial charge in [-0.25, -0.2) is 0 Å². The lowest BCUT2D eigenvalue weighted by Gasteiger charge is -2.25. The fourth-order valence-electron chi connectivity index (χ4n) is 3.01. The van der Waals surface area contributed by atoms with Gasteiger partial charge in [-0.05, 0) is 43.9 Å². The van der Waals surface area contributed by atoms with Crippen LogP contribution in [0.5, 0.6) is 0 Å². The van der Waals surface area contributed by atoms with E-state index < -0.39 is 16.4 Å². The Labute approximate surface area is 123 Å². The summed E-state index contributed by atoms with van der Waals surface area (Å²) < 4.78 is 13.7. The minimum atomic E-state index is -0.743. The number of benzene rings is 1. The van der Waals surface area contributed by atoms with Crippen LogP contribution in [-0.4, -0.2) is 35.0 Å². The number of hydrogen-bond donors (Lipinski definition) is 1. The third-order valence-electron chi connectivity index (χ3n) is 4.27. The van der Waals surface area contributed by atoms with Gasteiger partial charge in [0.25, 0.3) is 0 Å². The molecule has 1 aromatic carbocycles. The van der Waals surface area contributed by atoms with Gasteiger partial charge >= 0.3 is 5.69 Å². The first-order valence-electron chi connectivity index (χ1n) is 7.54. The summed E-state index contributed by atoms with van der Waals surface area (Å²) in [4.78, 5) is 12.3. The second-order valence-corrected chi connectivity index (χ2v) is 6.00. The monoisotopic (exact) mass is 293 g/mol. The Balaban J connectivity index is 1.67. The van der Waals surface area contributed by atoms with Crippen LogP contribution in [0.3, 0.4) is 0 Å². The molecule has 0 radical (unpaired) electrons. The molecule has 5 nitrogen and oxygen atoms in total. The number of nitrogens with zero attached hydrogens (tertiary/aromatic N) is 2. The Hall–Kier alpha value is -1.53. The molecule has 1 N–H and O–H groups in total. The van der Waals surface area contributed by atoms with E-state index in [1.807, 2.05) is 0 Å². The van der Waals surface area contributed by atoms with Crippen LogP contribution in [0.25, 0.3) is 0 Å². The molecule has 1 atom stereocenters. The van der Waals surface area contributed by atoms with Gasteiger partial charge < -0.3 is 5.32 Å². The third-order valence-corrected chi connectivity index (χ3v) is 4.27. The summed E-state index contributed by atoms with van der Waals surface area (Å²) in [5, 5.41) is 14.1. The zero-order valence-electron chi connectivity index (χ0n) is 11.9. The van der Waals surface area contributed by atoms with E-state index in [0.717, 1.165) is 18.7 Å². The fourth-order valence-corrected chi connectivity index (χ4v) is 3.01. The summed E-state index contributed by atoms with van der Waals surface area (Å²) in [7, 11) is 0. The maximum absolute atomic E-state index is 13.7. The predicted octanol–water partition coefficient (Wildman–Crippen LogP) is 2.45. The average molecular weight is 293 g/mol. The van der Waals surface area contributed by atoms with Gasteiger partial charge in [-0.2, -0.15) is 4.39 Å². The smallest absolute Gasteiger partial charge is 0.304 e. The van der Waals surface area contributed by atoms with Gasteiger partial charge in [0.2, 0.25) is 5.82 Å². The molecule has 1 aliphatic carbocycles. The third kappa shape index (κ3) is 3.57. The molecule has 3 rings (SSSR count). The lowest BCUT2D eigenvalue weighted by Crippen LogP contribution is -2.38. The topological polar surface area (TPSA) is 58.4 Å². The first-order chi connectivity index (χ1) is 10.1. The van der Waals surface area contributed by atoms with Crippen molar-refractivity contribution in [1.82, 2.24) is 10.2 Å². The summed E-state index contributed by atoms with van der Waals surface area (Å²) >= 11 is 0. The number of hydrogen-bond acceptors (Lipinski definition) is 4. The van der Waals surface area contributed by atoms with Crippen molar-refractivity contribution < 1.29 is 9.31 Å². The molecule has 21 heavy (non-hydrogen) atoms. The summed E-state index contributed by atoms with van der Waals surface area (Å²) in [5.41, 5.74) is 0.358. The maximum atomic E-state index is 13.7. The molecule has 2 fully saturated rings. The van der Waals surface area contributed by atoms with E-state index in [4.69, 9.17) is 0 Å². The van der Waals surface area contributed by atoms with E-state index in [1.54, 1.807) is 6.07 Å². The molecule has 1 aliphatic heterocycles. The summed E-state index contributed by atoms with van der Waals surface area (Å²) in [6.45, 7) is 2.72. The van der Waals surface area contributed by atoms with E-state index in [2.05, 4.69) is 10.2 Å². The van der Waals surface area contributed by atoms with Crippen molar-refractivity contribution in [2.75, 3.05) is 13.1 Å². The van der Waals surface area contributed by atoms with Crippen LogP contribution in [0, 0.1) is 15.9 Å². The highest BCUT2D eigenvalue weighted by Gasteiger charge is 2.31. The van der Waals surface area contributed by atoms with Gasteiger partial charge in [0, 0.05) is 31.2 Å². The van der Waals surface area contributed by atoms with Gasteiger partial charge in [-0.15, -0.1) is 0 Å². The molecule has 0 spiro atoms. The standard InChI is InChI=1S/C15H20FN3O2/c16-14-8-11(3-6-15(14)19(20)21)9-18(13-4-5-13)10-12-2-1-7-17-12/h3,6,8,12-13,17H,1-2,4-5,7,9-10H2. The highest BCUT2D eigenvalue weighted by Crippen LogP contribution is 2.30. The Kier molecular flexibility index (Phi) is 4.17. The molecule has 1 unspecified atom stereocenters. The van der Waals surface area contributed by atoms with Crippen LogP contribution in [0.15, 0.2) is 18.2 Å². The molecule has 2 aliphatic rings. The molecule has 1 heterocycles. The van der Waals surface area contributed by atoms with Gasteiger partial charge in [-0.3, -0.25) is 15.0 Å². The van der Waals surface area contributed by atoms with Crippen LogP contribution in [0.2, 0.25) is 0 Å². The lowest BCUT2D eigenvalue weighted by atomic mass is 10.1. The molecule has 0 bridgehead atoms. The van der Waals surface area contributed by atoms with E-state index >= 15 is 0 Å². The summed E-state index contributed by atoms with van der Waals surface area (Å²) in [6, 6.07) is 5.34. The van der Waals surface area contributed by atoms with Crippen molar-refractivity contribution in [3.05, 3.63) is 39.7 Å². The molecule has 0 aromatic heterocycles. The van der Waals surface area contributed by atoms with Crippen molar-refractivity contribution in [3.8, 4) is 0 Å². The van der Waals surface area contributed by atoms with Gasteiger partial charge in [0.05, 0.1) is 4.92 Å². The largest absolute Gasteiger partial charge is 0.313 e. The zero-order chi connectivity index (χ0) is 14.8. The normalized spacial score (nSPS) is 21.9. The average Bonchev–Trinajstić information content (AvgIpc) is 3.16. The molecule has 6 heteroatoms. The highest BCUT2D eigenvalue weighted by atomic mass is 19.1. The van der Waals surface area contributed by atoms with E-state index in [1.165, 1.54) is 37.8 Å². The van der Waals surface area contributed by atoms with Crippen LogP contribution >= 0.6 is 0 Å². The minimum Gasteiger partial charge on any atom is -0.313 e. The van der Waals surface area contributed by atoms with Gasteiger partial charge in [0.1, 0.15) is 0 Å². The van der Waals surface area contributed by atoms with Crippen molar-refractivity contribution >= 4 is 5.69 Å². The SMILES string of the molecule is O=[N+]([O-])c1ccc(CN(CC2CCCN2)C2CC2)cc1F. The quantitative estimate of drug-likeness (QED) is 0.646. The second kappa shape index (κ2) is 6.07. The minimum absolute atomic E-state index is 0.450. The Bertz CT molecular complexity index is 528. The molecular weight excluding hydrogens is 273 g/mol. The van der Waals surface area contributed by atoms with E-state index in [9.17, 15) is 14.5 Å². The van der Waals surface area contributed by atoms with Crippen molar-refractivity contribution in [2.24, 2.45) is 0 Å². The number of nitro groups is 1. The number of nitro benzene ring substituents is 1. The first-order valence-corrected chi connectivity index (χ1v) is 7.54. The van der Waals surface area contributed by atoms with Crippen molar-refractivity contribution in [1.29, 1.82) is 0 Å². The fraction of sp³-hybridized carbons (Fsp3) is 0.600. The molecule has 0 amide bonds. The van der Waals surface area contributed by atoms with Gasteiger partial charge in [-0.1, -0.05) is 6.07 Å². The summed E-state index contributed by atoms with van der Waals surface area (Å²) in [5.74, 6) is -0.743. The second-order valence-electron chi connectivity index (χ2n) is 6.00. The Morgan fingerprint density at radius 3 is 2.76 bits per heavy atom. The van der Waals surface area contributed by atoms with Crippen LogP contribution < -0.4 is 5.32 Å². The first kappa shape index (κ1) is 14.4. The van der Waals surface area contributed by atoms with Crippen LogP contribution in [0.4, 0.5) is 10.1 Å². The van der Waals surface area contributed by atoms with E-state index in [-0.39, 0.29) is 0 Å². The van der Waals surface area contributed by atoms with Crippen LogP contribution in [0.1, 0.15) is 31.2 Å². The molecule has 1 saturated carbocycles. The summed E-state index contributed by atoms with van der Waals surface area (Å²) in [6.07, 6.45) is 4.80.